The summed E-state index contributed by atoms with van der Waals surface area (Å²) in [6.07, 6.45) is 1.85. The Morgan fingerprint density at radius 1 is 0.660 bits per heavy atom. The molecule has 0 fully saturated rings. The molecule has 0 radical (unpaired) electrons. The summed E-state index contributed by atoms with van der Waals surface area (Å²) < 4.78 is 10.6. The number of rotatable bonds is 7. The van der Waals surface area contributed by atoms with Gasteiger partial charge in [0.25, 0.3) is 0 Å². The Morgan fingerprint density at radius 3 is 2.02 bits per heavy atom. The summed E-state index contributed by atoms with van der Waals surface area (Å²) in [7, 11) is 8.24. The van der Waals surface area contributed by atoms with E-state index in [1.807, 2.05) is 41.2 Å². The van der Waals surface area contributed by atoms with Gasteiger partial charge in [-0.2, -0.15) is 12.1 Å². The van der Waals surface area contributed by atoms with Gasteiger partial charge in [0.1, 0.15) is 11.6 Å². The minimum absolute atomic E-state index is 0. The Balaban J connectivity index is 0.00000432. The van der Waals surface area contributed by atoms with Gasteiger partial charge in [-0.05, 0) is 110 Å². The second kappa shape index (κ2) is 13.4. The van der Waals surface area contributed by atoms with Gasteiger partial charge in [0.05, 0.1) is 5.56 Å². The molecule has 0 amide bonds. The molecule has 0 aliphatic heterocycles. The minimum Gasteiger partial charge on any atom is -0.509 e. The number of ether oxygens (including phenoxy) is 1. The van der Waals surface area contributed by atoms with Crippen LogP contribution in [0.4, 0.5) is 11.6 Å². The van der Waals surface area contributed by atoms with Gasteiger partial charge in [-0.25, -0.2) is 9.67 Å². The summed E-state index contributed by atoms with van der Waals surface area (Å²) >= 11 is 0. The maximum atomic E-state index is 6.50. The van der Waals surface area contributed by atoms with Crippen LogP contribution in [0.2, 0.25) is 0 Å². The predicted octanol–water partition coefficient (Wildman–Crippen LogP) is 9.40. The van der Waals surface area contributed by atoms with Gasteiger partial charge >= 0.3 is 20.4 Å². The van der Waals surface area contributed by atoms with Crippen molar-refractivity contribution in [1.82, 2.24) is 19.3 Å². The molecule has 0 bridgehead atoms. The molecule has 7 aromatic rings. The first-order valence-corrected chi connectivity index (χ1v) is 16.6. The molecule has 0 N–H and O–H groups in total. The van der Waals surface area contributed by atoms with Gasteiger partial charge in [0.15, 0.2) is 5.82 Å². The summed E-state index contributed by atoms with van der Waals surface area (Å²) in [6.45, 7) is 13.2. The van der Waals surface area contributed by atoms with Gasteiger partial charge < -0.3 is 19.1 Å². The number of benzene rings is 4. The number of pyridine rings is 1. The predicted molar refractivity (Wildman–Crippen MR) is 202 cm³/mol. The van der Waals surface area contributed by atoms with Crippen molar-refractivity contribution in [1.29, 1.82) is 0 Å². The third kappa shape index (κ3) is 5.77. The smallest absolute Gasteiger partial charge is 0.509 e. The molecule has 256 valence electrons. The molecule has 0 atom stereocenters. The minimum atomic E-state index is 0. The molecule has 0 spiro atoms. The number of aryl methyl sites for hydroxylation is 1. The molecule has 0 unspecified atom stereocenters. The van der Waals surface area contributed by atoms with Crippen LogP contribution < -0.4 is 14.5 Å². The fraction of sp³-hybridized carbons (Fsp3) is 0.238. The summed E-state index contributed by atoms with van der Waals surface area (Å²) in [5.41, 5.74) is 12.8. The van der Waals surface area contributed by atoms with E-state index in [4.69, 9.17) is 14.8 Å². The van der Waals surface area contributed by atoms with Crippen LogP contribution in [-0.4, -0.2) is 47.5 Å². The van der Waals surface area contributed by atoms with E-state index in [0.29, 0.717) is 11.5 Å². The van der Waals surface area contributed by atoms with E-state index >= 15 is 0 Å². The molecule has 0 aliphatic carbocycles. The number of hydrogen-bond donors (Lipinski definition) is 0. The SMILES string of the molecule is Cc1ccnc(-n2c3[c-]c(Oc4[c-]c(-n5nc(N(C)C)c(-c6c(C)c(C)c(C)c(C)c6C)c5N(C)C)ccc4)ccc3c3ccccc32)c1.[Pd+2]. The Bertz CT molecular complexity index is 2370. The van der Waals surface area contributed by atoms with Crippen LogP contribution in [0.25, 0.3) is 44.4 Å². The first-order valence-electron chi connectivity index (χ1n) is 16.6. The van der Waals surface area contributed by atoms with E-state index in [2.05, 4.69) is 133 Å². The van der Waals surface area contributed by atoms with Gasteiger partial charge in [0.2, 0.25) is 0 Å². The van der Waals surface area contributed by atoms with Crippen molar-refractivity contribution in [3.05, 3.63) is 118 Å². The summed E-state index contributed by atoms with van der Waals surface area (Å²) in [5, 5.41) is 7.44. The number of hydrogen-bond acceptors (Lipinski definition) is 5. The summed E-state index contributed by atoms with van der Waals surface area (Å²) in [5.74, 6) is 3.90. The number of fused-ring (bicyclic) bond motifs is 3. The first-order chi connectivity index (χ1) is 23.5. The van der Waals surface area contributed by atoms with E-state index in [-0.39, 0.29) is 20.4 Å². The zero-order valence-electron chi connectivity index (χ0n) is 30.3. The van der Waals surface area contributed by atoms with E-state index in [1.165, 1.54) is 33.4 Å². The number of aromatic nitrogens is 4. The third-order valence-corrected chi connectivity index (χ3v) is 9.83. The standard InChI is InChI=1S/C42H42N6O.Pd/c1-25-20-21-43-38(22-25)47-36-17-12-11-16-34(36)35-19-18-33(24-37(35)47)49-32-15-13-14-31(23-32)48-42(46(9)10)40(41(44-48)45(7)8)39-29(5)27(3)26(2)28(4)30(39)6;/h11-22H,1-10H3;/q-2;+2. The van der Waals surface area contributed by atoms with Crippen LogP contribution in [0, 0.1) is 53.7 Å². The Kier molecular flexibility index (Phi) is 9.39. The van der Waals surface area contributed by atoms with Crippen LogP contribution in [0.3, 0.4) is 0 Å². The van der Waals surface area contributed by atoms with Crippen molar-refractivity contribution in [3.8, 4) is 34.1 Å². The molecule has 0 saturated carbocycles. The monoisotopic (exact) mass is 752 g/mol. The second-order valence-electron chi connectivity index (χ2n) is 13.4. The summed E-state index contributed by atoms with van der Waals surface area (Å²) in [6, 6.07) is 29.6. The molecule has 8 heteroatoms. The Labute approximate surface area is 308 Å². The van der Waals surface area contributed by atoms with Crippen LogP contribution in [0.5, 0.6) is 11.5 Å². The Hall–Kier alpha value is -4.90. The molecule has 4 aromatic carbocycles. The van der Waals surface area contributed by atoms with Crippen molar-refractivity contribution in [2.75, 3.05) is 38.0 Å². The molecule has 3 aromatic heterocycles. The molecule has 50 heavy (non-hydrogen) atoms. The van der Waals surface area contributed by atoms with Gasteiger partial charge in [-0.15, -0.1) is 40.8 Å². The van der Waals surface area contributed by atoms with Crippen LogP contribution in [-0.2, 0) is 20.4 Å². The largest absolute Gasteiger partial charge is 2.00 e. The van der Waals surface area contributed by atoms with Crippen LogP contribution in [0.15, 0.2) is 72.9 Å². The number of para-hydroxylation sites is 1. The topological polar surface area (TPSA) is 51.4 Å². The maximum Gasteiger partial charge on any atom is 2.00 e. The molecular formula is C42H42N6OPd. The van der Waals surface area contributed by atoms with Crippen LogP contribution in [0.1, 0.15) is 33.4 Å². The number of nitrogens with zero attached hydrogens (tertiary/aromatic N) is 6. The molecule has 7 nitrogen and oxygen atoms in total. The third-order valence-electron chi connectivity index (χ3n) is 9.83. The fourth-order valence-electron chi connectivity index (χ4n) is 6.94. The second-order valence-corrected chi connectivity index (χ2v) is 13.4. The molecule has 0 aliphatic rings. The fourth-order valence-corrected chi connectivity index (χ4v) is 6.94. The van der Waals surface area contributed by atoms with Crippen molar-refractivity contribution in [2.24, 2.45) is 0 Å². The normalized spacial score (nSPS) is 11.2. The molecule has 7 rings (SSSR count). The Morgan fingerprint density at radius 2 is 1.34 bits per heavy atom. The molecule has 3 heterocycles. The average Bonchev–Trinajstić information content (AvgIpc) is 3.64. The zero-order valence-corrected chi connectivity index (χ0v) is 31.9. The first kappa shape index (κ1) is 34.9. The van der Waals surface area contributed by atoms with E-state index in [1.54, 1.807) is 0 Å². The number of anilines is 2. The van der Waals surface area contributed by atoms with E-state index in [0.717, 1.165) is 56.1 Å². The van der Waals surface area contributed by atoms with Crippen molar-refractivity contribution in [2.45, 2.75) is 41.5 Å². The maximum absolute atomic E-state index is 6.50. The summed E-state index contributed by atoms with van der Waals surface area (Å²) in [4.78, 5) is 8.94. The molecular weight excluding hydrogens is 711 g/mol. The van der Waals surface area contributed by atoms with E-state index in [9.17, 15) is 0 Å². The van der Waals surface area contributed by atoms with Crippen molar-refractivity contribution in [3.63, 3.8) is 0 Å². The van der Waals surface area contributed by atoms with Gasteiger partial charge in [-0.1, -0.05) is 23.7 Å². The molecule has 0 saturated heterocycles. The zero-order chi connectivity index (χ0) is 34.7. The van der Waals surface area contributed by atoms with Crippen molar-refractivity contribution >= 4 is 33.4 Å². The van der Waals surface area contributed by atoms with Crippen molar-refractivity contribution < 1.29 is 25.2 Å². The quantitative estimate of drug-likeness (QED) is 0.120. The van der Waals surface area contributed by atoms with E-state index < -0.39 is 0 Å². The van der Waals surface area contributed by atoms with Gasteiger partial charge in [0, 0.05) is 51.4 Å². The average molecular weight is 753 g/mol. The van der Waals surface area contributed by atoms with Crippen LogP contribution >= 0.6 is 0 Å². The van der Waals surface area contributed by atoms with Gasteiger partial charge in [-0.3, -0.25) is 0 Å².